The van der Waals surface area contributed by atoms with Crippen molar-refractivity contribution >= 4 is 17.6 Å². The first kappa shape index (κ1) is 11.3. The molecule has 0 bridgehead atoms. The molecule has 0 saturated heterocycles. The van der Waals surface area contributed by atoms with E-state index in [1.807, 2.05) is 30.3 Å². The van der Waals surface area contributed by atoms with Crippen LogP contribution in [0, 0.1) is 0 Å². The number of anilines is 1. The molecule has 1 aromatic heterocycles. The fourth-order valence-electron chi connectivity index (χ4n) is 1.75. The Hall–Kier alpha value is -2.77. The lowest BCUT2D eigenvalue weighted by Crippen LogP contribution is -2.22. The molecule has 1 aliphatic rings. The van der Waals surface area contributed by atoms with Gasteiger partial charge in [0.15, 0.2) is 6.10 Å². The summed E-state index contributed by atoms with van der Waals surface area (Å²) in [5.41, 5.74) is 1.28. The molecule has 1 aromatic carbocycles. The van der Waals surface area contributed by atoms with Crippen molar-refractivity contribution in [1.29, 1.82) is 0 Å². The van der Waals surface area contributed by atoms with Crippen molar-refractivity contribution in [3.8, 4) is 0 Å². The van der Waals surface area contributed by atoms with Crippen molar-refractivity contribution in [3.05, 3.63) is 35.9 Å². The zero-order valence-corrected chi connectivity index (χ0v) is 9.78. The van der Waals surface area contributed by atoms with Crippen LogP contribution in [-0.2, 0) is 9.63 Å². The maximum Gasteiger partial charge on any atom is 0.276 e. The fraction of sp³-hybridized carbons (Fsp3) is 0.182. The quantitative estimate of drug-likeness (QED) is 0.841. The van der Waals surface area contributed by atoms with E-state index in [0.717, 1.165) is 5.56 Å². The number of hydrogen-bond acceptors (Lipinski definition) is 6. The zero-order chi connectivity index (χ0) is 13.1. The molecule has 2 heterocycles. The highest BCUT2D eigenvalue weighted by Crippen LogP contribution is 2.27. The van der Waals surface area contributed by atoms with Crippen molar-refractivity contribution in [2.24, 2.45) is 5.16 Å². The average molecular weight is 258 g/mol. The molecule has 19 heavy (non-hydrogen) atoms. The van der Waals surface area contributed by atoms with Gasteiger partial charge in [0.05, 0.1) is 0 Å². The van der Waals surface area contributed by atoms with E-state index >= 15 is 0 Å². The van der Waals surface area contributed by atoms with Gasteiger partial charge in [-0.25, -0.2) is 0 Å². The number of amides is 1. The Morgan fingerprint density at radius 1 is 1.37 bits per heavy atom. The van der Waals surface area contributed by atoms with Gasteiger partial charge in [0.25, 0.3) is 11.9 Å². The van der Waals surface area contributed by atoms with E-state index in [2.05, 4.69) is 31.1 Å². The molecule has 0 fully saturated rings. The number of aromatic nitrogens is 4. The van der Waals surface area contributed by atoms with E-state index in [0.29, 0.717) is 12.1 Å². The van der Waals surface area contributed by atoms with E-state index in [1.54, 1.807) is 0 Å². The number of tetrazole rings is 1. The number of nitrogens with one attached hydrogen (secondary N) is 2. The molecule has 1 aliphatic heterocycles. The van der Waals surface area contributed by atoms with Gasteiger partial charge in [-0.3, -0.25) is 10.1 Å². The van der Waals surface area contributed by atoms with Crippen LogP contribution in [0.2, 0.25) is 0 Å². The fourth-order valence-corrected chi connectivity index (χ4v) is 1.75. The summed E-state index contributed by atoms with van der Waals surface area (Å²) in [6.45, 7) is 0. The summed E-state index contributed by atoms with van der Waals surface area (Å²) in [5, 5.41) is 19.1. The largest absolute Gasteiger partial charge is 0.387 e. The topological polar surface area (TPSA) is 105 Å². The van der Waals surface area contributed by atoms with Gasteiger partial charge in [-0.2, -0.15) is 5.21 Å². The minimum absolute atomic E-state index is 0.107. The SMILES string of the molecule is O=C(Nc1nn[nH]n1)C1=NO[C@H](c2ccccc2)C1. The average Bonchev–Trinajstić information content (AvgIpc) is 3.10. The molecular formula is C11H10N6O2. The standard InChI is InChI=1S/C11H10N6O2/c18-10(12-11-13-16-17-14-11)8-6-9(19-15-8)7-4-2-1-3-5-7/h1-5,9H,6H2,(H2,12,13,14,16,17,18)/t9-/m0/s1. The van der Waals surface area contributed by atoms with Crippen molar-refractivity contribution < 1.29 is 9.63 Å². The highest BCUT2D eigenvalue weighted by Gasteiger charge is 2.27. The molecule has 0 radical (unpaired) electrons. The van der Waals surface area contributed by atoms with Gasteiger partial charge in [-0.1, -0.05) is 40.6 Å². The number of carbonyl (C=O) groups is 1. The second-order valence-corrected chi connectivity index (χ2v) is 3.94. The summed E-state index contributed by atoms with van der Waals surface area (Å²) in [7, 11) is 0. The smallest absolute Gasteiger partial charge is 0.276 e. The molecule has 8 nitrogen and oxygen atoms in total. The van der Waals surface area contributed by atoms with Crippen molar-refractivity contribution in [2.45, 2.75) is 12.5 Å². The lowest BCUT2D eigenvalue weighted by Gasteiger charge is -2.07. The Morgan fingerprint density at radius 3 is 2.95 bits per heavy atom. The van der Waals surface area contributed by atoms with E-state index in [1.165, 1.54) is 0 Å². The summed E-state index contributed by atoms with van der Waals surface area (Å²) < 4.78 is 0. The molecular weight excluding hydrogens is 248 g/mol. The van der Waals surface area contributed by atoms with E-state index < -0.39 is 0 Å². The van der Waals surface area contributed by atoms with Crippen LogP contribution in [-0.4, -0.2) is 32.2 Å². The van der Waals surface area contributed by atoms with E-state index in [4.69, 9.17) is 4.84 Å². The number of oxime groups is 1. The third kappa shape index (κ3) is 2.41. The summed E-state index contributed by atoms with van der Waals surface area (Å²) in [5.74, 6) is -0.282. The monoisotopic (exact) mass is 258 g/mol. The minimum Gasteiger partial charge on any atom is -0.387 e. The first-order valence-corrected chi connectivity index (χ1v) is 5.65. The zero-order valence-electron chi connectivity index (χ0n) is 9.78. The van der Waals surface area contributed by atoms with E-state index in [-0.39, 0.29) is 18.0 Å². The van der Waals surface area contributed by atoms with Crippen LogP contribution < -0.4 is 5.32 Å². The Balaban J connectivity index is 1.64. The van der Waals surface area contributed by atoms with Crippen LogP contribution >= 0.6 is 0 Å². The molecule has 8 heteroatoms. The van der Waals surface area contributed by atoms with Gasteiger partial charge in [-0.15, -0.1) is 5.10 Å². The number of carbonyl (C=O) groups excluding carboxylic acids is 1. The minimum atomic E-state index is -0.389. The Kier molecular flexibility index (Phi) is 2.89. The van der Waals surface area contributed by atoms with Gasteiger partial charge in [-0.05, 0) is 10.8 Å². The molecule has 2 aromatic rings. The predicted octanol–water partition coefficient (Wildman–Crippen LogP) is 0.656. The maximum absolute atomic E-state index is 11.8. The Labute approximate surface area is 107 Å². The molecule has 1 atom stereocenters. The predicted molar refractivity (Wildman–Crippen MR) is 65.1 cm³/mol. The lowest BCUT2D eigenvalue weighted by molar-refractivity contribution is -0.110. The number of hydrogen-bond donors (Lipinski definition) is 2. The highest BCUT2D eigenvalue weighted by molar-refractivity contribution is 6.43. The third-order valence-corrected chi connectivity index (χ3v) is 2.67. The first-order valence-electron chi connectivity index (χ1n) is 5.65. The van der Waals surface area contributed by atoms with Gasteiger partial charge < -0.3 is 4.84 Å². The van der Waals surface area contributed by atoms with Crippen LogP contribution in [0.4, 0.5) is 5.95 Å². The second kappa shape index (κ2) is 4.84. The number of aromatic amines is 1. The lowest BCUT2D eigenvalue weighted by atomic mass is 10.0. The molecule has 0 saturated carbocycles. The van der Waals surface area contributed by atoms with Crippen molar-refractivity contribution in [3.63, 3.8) is 0 Å². The van der Waals surface area contributed by atoms with Gasteiger partial charge in [0, 0.05) is 6.42 Å². The number of nitrogens with zero attached hydrogens (tertiary/aromatic N) is 4. The first-order chi connectivity index (χ1) is 9.33. The molecule has 2 N–H and O–H groups in total. The second-order valence-electron chi connectivity index (χ2n) is 3.94. The Bertz CT molecular complexity index is 595. The van der Waals surface area contributed by atoms with Crippen LogP contribution in [0.15, 0.2) is 35.5 Å². The molecule has 3 rings (SSSR count). The van der Waals surface area contributed by atoms with E-state index in [9.17, 15) is 4.79 Å². The summed E-state index contributed by atoms with van der Waals surface area (Å²) in [4.78, 5) is 17.1. The van der Waals surface area contributed by atoms with Crippen LogP contribution in [0.25, 0.3) is 0 Å². The summed E-state index contributed by atoms with van der Waals surface area (Å²) >= 11 is 0. The third-order valence-electron chi connectivity index (χ3n) is 2.67. The Morgan fingerprint density at radius 2 is 2.21 bits per heavy atom. The van der Waals surface area contributed by atoms with Gasteiger partial charge >= 0.3 is 0 Å². The molecule has 1 amide bonds. The summed E-state index contributed by atoms with van der Waals surface area (Å²) in [6, 6.07) is 9.61. The normalized spacial score (nSPS) is 17.7. The number of H-pyrrole nitrogens is 1. The molecule has 96 valence electrons. The van der Waals surface area contributed by atoms with Crippen LogP contribution in [0.3, 0.4) is 0 Å². The molecule has 0 spiro atoms. The highest BCUT2D eigenvalue weighted by atomic mass is 16.6. The molecule has 0 unspecified atom stereocenters. The number of rotatable bonds is 3. The van der Waals surface area contributed by atoms with Crippen molar-refractivity contribution in [2.75, 3.05) is 5.32 Å². The van der Waals surface area contributed by atoms with Gasteiger partial charge in [0.1, 0.15) is 5.71 Å². The van der Waals surface area contributed by atoms with Crippen LogP contribution in [0.5, 0.6) is 0 Å². The summed E-state index contributed by atoms with van der Waals surface area (Å²) in [6.07, 6.45) is 0.181. The van der Waals surface area contributed by atoms with Gasteiger partial charge in [0.2, 0.25) is 0 Å². The number of benzene rings is 1. The molecule has 0 aliphatic carbocycles. The van der Waals surface area contributed by atoms with Crippen LogP contribution in [0.1, 0.15) is 18.1 Å². The van der Waals surface area contributed by atoms with Crippen molar-refractivity contribution in [1.82, 2.24) is 20.6 Å². The maximum atomic E-state index is 11.8.